The van der Waals surface area contributed by atoms with Gasteiger partial charge in [-0.05, 0) is 12.5 Å². The molecule has 1 rings (SSSR count). The number of rotatable bonds is 7. The Labute approximate surface area is 131 Å². The highest BCUT2D eigenvalue weighted by atomic mass is 35.5. The van der Waals surface area contributed by atoms with Crippen LogP contribution < -0.4 is 15.4 Å². The van der Waals surface area contributed by atoms with Crippen molar-refractivity contribution in [2.75, 3.05) is 29.5 Å². The quantitative estimate of drug-likeness (QED) is 0.728. The van der Waals surface area contributed by atoms with Crippen molar-refractivity contribution in [1.29, 1.82) is 0 Å². The number of anilines is 2. The van der Waals surface area contributed by atoms with Gasteiger partial charge in [0.15, 0.2) is 0 Å². The molecule has 0 saturated carbocycles. The first kappa shape index (κ1) is 19.5. The number of hydrogen-bond donors (Lipinski definition) is 2. The summed E-state index contributed by atoms with van der Waals surface area (Å²) in [6.07, 6.45) is 4.45. The van der Waals surface area contributed by atoms with Gasteiger partial charge in [-0.25, -0.2) is 13.4 Å². The zero-order chi connectivity index (χ0) is 15.3. The van der Waals surface area contributed by atoms with Gasteiger partial charge < -0.3 is 11.1 Å². The first-order valence-electron chi connectivity index (χ1n) is 6.25. The summed E-state index contributed by atoms with van der Waals surface area (Å²) >= 11 is 0. The van der Waals surface area contributed by atoms with Gasteiger partial charge in [0.1, 0.15) is 5.82 Å². The second-order valence-corrected chi connectivity index (χ2v) is 6.48. The van der Waals surface area contributed by atoms with Crippen molar-refractivity contribution in [3.63, 3.8) is 0 Å². The lowest BCUT2D eigenvalue weighted by molar-refractivity contribution is 0.100. The lowest BCUT2D eigenvalue weighted by Crippen LogP contribution is -2.26. The summed E-state index contributed by atoms with van der Waals surface area (Å²) < 4.78 is 23.9. The molecule has 1 heterocycles. The van der Waals surface area contributed by atoms with E-state index in [1.165, 1.54) is 19.3 Å². The number of sulfonamides is 1. The molecule has 0 aliphatic rings. The topological polar surface area (TPSA) is 105 Å². The highest BCUT2D eigenvalue weighted by Crippen LogP contribution is 2.21. The Hall–Kier alpha value is -1.54. The summed E-state index contributed by atoms with van der Waals surface area (Å²) in [5.41, 5.74) is 6.06. The van der Waals surface area contributed by atoms with Gasteiger partial charge in [0, 0.05) is 13.6 Å². The molecular weight excluding hydrogens is 316 g/mol. The second-order valence-electron chi connectivity index (χ2n) is 4.46. The van der Waals surface area contributed by atoms with E-state index in [-0.39, 0.29) is 23.8 Å². The minimum atomic E-state index is -3.43. The van der Waals surface area contributed by atoms with E-state index in [4.69, 9.17) is 5.73 Å². The Bertz CT molecular complexity index is 592. The number of carbonyl (C=O) groups is 1. The summed E-state index contributed by atoms with van der Waals surface area (Å²) in [5.74, 6) is -0.475. The fourth-order valence-corrected chi connectivity index (χ4v) is 1.97. The number of nitrogens with one attached hydrogen (secondary N) is 1. The molecule has 9 heteroatoms. The maximum Gasteiger partial charge on any atom is 0.250 e. The third-order valence-corrected chi connectivity index (χ3v) is 4.00. The number of aromatic nitrogens is 1. The molecule has 0 spiro atoms. The molecule has 0 aliphatic carbocycles. The lowest BCUT2D eigenvalue weighted by Gasteiger charge is -2.17. The van der Waals surface area contributed by atoms with Gasteiger partial charge in [0.25, 0.3) is 5.91 Å². The van der Waals surface area contributed by atoms with Crippen LogP contribution in [-0.4, -0.2) is 39.2 Å². The summed E-state index contributed by atoms with van der Waals surface area (Å²) in [6, 6.07) is 1.37. The summed E-state index contributed by atoms with van der Waals surface area (Å²) in [7, 11) is -2.07. The van der Waals surface area contributed by atoms with Gasteiger partial charge >= 0.3 is 0 Å². The minimum absolute atomic E-state index is 0. The van der Waals surface area contributed by atoms with Crippen LogP contribution in [0.15, 0.2) is 12.3 Å². The van der Waals surface area contributed by atoms with E-state index >= 15 is 0 Å². The van der Waals surface area contributed by atoms with Crippen LogP contribution in [0.1, 0.15) is 30.1 Å². The maximum absolute atomic E-state index is 11.5. The van der Waals surface area contributed by atoms with Crippen LogP contribution in [0.4, 0.5) is 11.5 Å². The van der Waals surface area contributed by atoms with E-state index in [2.05, 4.69) is 17.2 Å². The maximum atomic E-state index is 11.5. The Morgan fingerprint density at radius 1 is 1.48 bits per heavy atom. The van der Waals surface area contributed by atoms with E-state index in [0.29, 0.717) is 12.2 Å². The highest BCUT2D eigenvalue weighted by Gasteiger charge is 2.17. The monoisotopic (exact) mass is 336 g/mol. The lowest BCUT2D eigenvalue weighted by atomic mass is 10.2. The highest BCUT2D eigenvalue weighted by molar-refractivity contribution is 7.92. The number of unbranched alkanes of at least 4 members (excludes halogenated alkanes) is 1. The molecule has 3 N–H and O–H groups in total. The van der Waals surface area contributed by atoms with E-state index in [0.717, 1.165) is 23.4 Å². The molecule has 1 aromatic heterocycles. The number of nitrogens with zero attached hydrogens (tertiary/aromatic N) is 2. The first-order valence-corrected chi connectivity index (χ1v) is 8.09. The van der Waals surface area contributed by atoms with E-state index in [9.17, 15) is 13.2 Å². The van der Waals surface area contributed by atoms with Crippen LogP contribution in [0.3, 0.4) is 0 Å². The Kier molecular flexibility index (Phi) is 7.45. The van der Waals surface area contributed by atoms with Crippen LogP contribution in [0.2, 0.25) is 0 Å². The average molecular weight is 337 g/mol. The molecule has 0 fully saturated rings. The van der Waals surface area contributed by atoms with Gasteiger partial charge in [0.05, 0.1) is 23.7 Å². The SMILES string of the molecule is CCCCNc1cnc(N(C)S(C)(=O)=O)cc1C(N)=O.Cl. The molecule has 0 unspecified atom stereocenters. The number of nitrogens with two attached hydrogens (primary N) is 1. The van der Waals surface area contributed by atoms with Crippen molar-refractivity contribution in [3.8, 4) is 0 Å². The number of amides is 1. The van der Waals surface area contributed by atoms with Crippen molar-refractivity contribution in [2.45, 2.75) is 19.8 Å². The van der Waals surface area contributed by atoms with Gasteiger partial charge in [0.2, 0.25) is 10.0 Å². The van der Waals surface area contributed by atoms with Gasteiger partial charge in [-0.3, -0.25) is 9.10 Å². The molecule has 0 atom stereocenters. The van der Waals surface area contributed by atoms with E-state index in [1.54, 1.807) is 0 Å². The normalized spacial score (nSPS) is 10.6. The summed E-state index contributed by atoms with van der Waals surface area (Å²) in [4.78, 5) is 15.5. The Morgan fingerprint density at radius 2 is 2.10 bits per heavy atom. The molecule has 120 valence electrons. The van der Waals surface area contributed by atoms with E-state index in [1.807, 2.05) is 0 Å². The molecule has 0 radical (unpaired) electrons. The van der Waals surface area contributed by atoms with E-state index < -0.39 is 15.9 Å². The smallest absolute Gasteiger partial charge is 0.250 e. The van der Waals surface area contributed by atoms with Crippen molar-refractivity contribution < 1.29 is 13.2 Å². The molecule has 1 aromatic rings. The number of halogens is 1. The fourth-order valence-electron chi connectivity index (χ4n) is 1.53. The predicted molar refractivity (Wildman–Crippen MR) is 86.6 cm³/mol. The molecule has 1 amide bonds. The fraction of sp³-hybridized carbons (Fsp3) is 0.500. The van der Waals surface area contributed by atoms with Crippen LogP contribution in [0.25, 0.3) is 0 Å². The van der Waals surface area contributed by atoms with Crippen molar-refractivity contribution in [3.05, 3.63) is 17.8 Å². The second kappa shape index (κ2) is 8.04. The van der Waals surface area contributed by atoms with Crippen molar-refractivity contribution in [1.82, 2.24) is 4.98 Å². The Morgan fingerprint density at radius 3 is 2.57 bits per heavy atom. The largest absolute Gasteiger partial charge is 0.383 e. The zero-order valence-corrected chi connectivity index (χ0v) is 13.9. The zero-order valence-electron chi connectivity index (χ0n) is 12.3. The standard InChI is InChI=1S/C12H20N4O3S.ClH/c1-4-5-6-14-10-8-15-11(7-9(10)12(13)17)16(2)20(3,18)19;/h7-8,14H,4-6H2,1-3H3,(H2,13,17);1H. The molecule has 0 bridgehead atoms. The number of primary amides is 1. The predicted octanol–water partition coefficient (Wildman–Crippen LogP) is 1.21. The molecule has 7 nitrogen and oxygen atoms in total. The molecular formula is C12H21ClN4O3S. The Balaban J connectivity index is 0.00000400. The molecule has 0 aliphatic heterocycles. The van der Waals surface area contributed by atoms with Crippen LogP contribution in [0, 0.1) is 0 Å². The van der Waals surface area contributed by atoms with Crippen molar-refractivity contribution >= 4 is 39.8 Å². The number of carbonyl (C=O) groups excluding carboxylic acids is 1. The first-order chi connectivity index (χ1) is 9.27. The van der Waals surface area contributed by atoms with Gasteiger partial charge in [-0.15, -0.1) is 12.4 Å². The molecule has 0 saturated heterocycles. The average Bonchev–Trinajstić information content (AvgIpc) is 2.37. The van der Waals surface area contributed by atoms with Gasteiger partial charge in [-0.1, -0.05) is 13.3 Å². The summed E-state index contributed by atoms with van der Waals surface area (Å²) in [5, 5.41) is 3.07. The summed E-state index contributed by atoms with van der Waals surface area (Å²) in [6.45, 7) is 2.75. The van der Waals surface area contributed by atoms with Gasteiger partial charge in [-0.2, -0.15) is 0 Å². The number of hydrogen-bond acceptors (Lipinski definition) is 5. The molecule has 0 aromatic carbocycles. The third-order valence-electron chi connectivity index (χ3n) is 2.82. The van der Waals surface area contributed by atoms with Crippen LogP contribution in [-0.2, 0) is 10.0 Å². The number of pyridine rings is 1. The molecule has 21 heavy (non-hydrogen) atoms. The van der Waals surface area contributed by atoms with Crippen LogP contribution >= 0.6 is 12.4 Å². The minimum Gasteiger partial charge on any atom is -0.383 e. The third kappa shape index (κ3) is 5.39. The van der Waals surface area contributed by atoms with Crippen molar-refractivity contribution in [2.24, 2.45) is 5.73 Å². The van der Waals surface area contributed by atoms with Crippen LogP contribution in [0.5, 0.6) is 0 Å².